The molecule has 0 fully saturated rings. The third-order valence-corrected chi connectivity index (χ3v) is 3.40. The van der Waals surface area contributed by atoms with Crippen LogP contribution in [0.25, 0.3) is 0 Å². The molecule has 5 nitrogen and oxygen atoms in total. The van der Waals surface area contributed by atoms with Gasteiger partial charge in [0.05, 0.1) is 5.69 Å². The minimum absolute atomic E-state index is 0.0217. The molecule has 20 heavy (non-hydrogen) atoms. The molecule has 2 atom stereocenters. The average Bonchev–Trinajstić information content (AvgIpc) is 2.43. The van der Waals surface area contributed by atoms with Crippen LogP contribution in [0.1, 0.15) is 27.2 Å². The second kappa shape index (κ2) is 5.94. The van der Waals surface area contributed by atoms with Crippen LogP contribution in [0.3, 0.4) is 0 Å². The fraction of sp³-hybridized carbons (Fsp3) is 0.467. The predicted molar refractivity (Wildman–Crippen MR) is 76.8 cm³/mol. The number of benzene rings is 1. The predicted octanol–water partition coefficient (Wildman–Crippen LogP) is 1.72. The third kappa shape index (κ3) is 2.92. The molecule has 0 spiro atoms. The van der Waals surface area contributed by atoms with Gasteiger partial charge in [-0.3, -0.25) is 14.5 Å². The lowest BCUT2D eigenvalue weighted by molar-refractivity contribution is -0.128. The van der Waals surface area contributed by atoms with Crippen molar-refractivity contribution in [3.05, 3.63) is 24.3 Å². The molecule has 1 aromatic carbocycles. The van der Waals surface area contributed by atoms with Crippen LogP contribution in [0.4, 0.5) is 5.69 Å². The highest BCUT2D eigenvalue weighted by Crippen LogP contribution is 2.33. The van der Waals surface area contributed by atoms with Crippen molar-refractivity contribution in [1.29, 1.82) is 0 Å². The van der Waals surface area contributed by atoms with E-state index in [1.54, 1.807) is 19.1 Å². The number of para-hydroxylation sites is 2. The lowest BCUT2D eigenvalue weighted by atomic mass is 10.2. The zero-order valence-corrected chi connectivity index (χ0v) is 12.1. The van der Waals surface area contributed by atoms with Crippen LogP contribution in [0.5, 0.6) is 5.75 Å². The van der Waals surface area contributed by atoms with E-state index in [0.29, 0.717) is 11.4 Å². The van der Waals surface area contributed by atoms with Gasteiger partial charge in [0.15, 0.2) is 6.10 Å². The van der Waals surface area contributed by atoms with Gasteiger partial charge < -0.3 is 10.1 Å². The van der Waals surface area contributed by atoms with Crippen LogP contribution < -0.4 is 15.0 Å². The molecule has 2 rings (SSSR count). The van der Waals surface area contributed by atoms with Gasteiger partial charge in [-0.15, -0.1) is 0 Å². The molecule has 1 aromatic rings. The van der Waals surface area contributed by atoms with Gasteiger partial charge in [-0.25, -0.2) is 0 Å². The van der Waals surface area contributed by atoms with Gasteiger partial charge >= 0.3 is 0 Å². The van der Waals surface area contributed by atoms with Crippen molar-refractivity contribution in [3.8, 4) is 5.75 Å². The standard InChI is InChI=1S/C15H20N2O3/c1-4-10(2)16-14(18)9-17-12-7-5-6-8-13(12)20-11(3)15(17)19/h5-8,10-11H,4,9H2,1-3H3,(H,16,18)/t10-,11+/m1/s1. The zero-order chi connectivity index (χ0) is 14.7. The quantitative estimate of drug-likeness (QED) is 0.911. The smallest absolute Gasteiger partial charge is 0.268 e. The number of hydrogen-bond acceptors (Lipinski definition) is 3. The van der Waals surface area contributed by atoms with E-state index in [-0.39, 0.29) is 24.4 Å². The highest BCUT2D eigenvalue weighted by atomic mass is 16.5. The zero-order valence-electron chi connectivity index (χ0n) is 12.1. The molecular weight excluding hydrogens is 256 g/mol. The van der Waals surface area contributed by atoms with Crippen molar-refractivity contribution < 1.29 is 14.3 Å². The number of anilines is 1. The molecule has 2 amide bonds. The molecular formula is C15H20N2O3. The molecule has 0 radical (unpaired) electrons. The van der Waals surface area contributed by atoms with Gasteiger partial charge in [-0.1, -0.05) is 19.1 Å². The summed E-state index contributed by atoms with van der Waals surface area (Å²) in [5.41, 5.74) is 0.648. The van der Waals surface area contributed by atoms with E-state index in [9.17, 15) is 9.59 Å². The van der Waals surface area contributed by atoms with Crippen LogP contribution in [-0.4, -0.2) is 30.5 Å². The Kier molecular flexibility index (Phi) is 4.27. The Hall–Kier alpha value is -2.04. The van der Waals surface area contributed by atoms with Crippen molar-refractivity contribution in [3.63, 3.8) is 0 Å². The fourth-order valence-electron chi connectivity index (χ4n) is 2.09. The van der Waals surface area contributed by atoms with E-state index in [2.05, 4.69) is 5.32 Å². The summed E-state index contributed by atoms with van der Waals surface area (Å²) in [6.07, 6.45) is 0.289. The molecule has 108 valence electrons. The Bertz CT molecular complexity index is 516. The van der Waals surface area contributed by atoms with Crippen molar-refractivity contribution in [2.75, 3.05) is 11.4 Å². The van der Waals surface area contributed by atoms with Crippen LogP contribution in [-0.2, 0) is 9.59 Å². The normalized spacial score (nSPS) is 19.1. The first-order valence-corrected chi connectivity index (χ1v) is 6.89. The molecule has 0 aliphatic carbocycles. The molecule has 1 N–H and O–H groups in total. The highest BCUT2D eigenvalue weighted by molar-refractivity contribution is 6.03. The number of hydrogen-bond donors (Lipinski definition) is 1. The van der Waals surface area contributed by atoms with Crippen LogP contribution in [0, 0.1) is 0 Å². The number of amides is 2. The van der Waals surface area contributed by atoms with Crippen molar-refractivity contribution in [2.45, 2.75) is 39.3 Å². The van der Waals surface area contributed by atoms with Crippen molar-refractivity contribution >= 4 is 17.5 Å². The first kappa shape index (κ1) is 14.4. The summed E-state index contributed by atoms with van der Waals surface area (Å²) in [7, 11) is 0. The highest BCUT2D eigenvalue weighted by Gasteiger charge is 2.32. The number of carbonyl (C=O) groups excluding carboxylic acids is 2. The minimum atomic E-state index is -0.568. The number of nitrogens with one attached hydrogen (secondary N) is 1. The molecule has 5 heteroatoms. The molecule has 1 heterocycles. The second-order valence-corrected chi connectivity index (χ2v) is 5.03. The molecule has 1 aliphatic rings. The summed E-state index contributed by atoms with van der Waals surface area (Å²) in [4.78, 5) is 25.7. The SMILES string of the molecule is CC[C@@H](C)NC(=O)CN1C(=O)[C@H](C)Oc2ccccc21. The molecule has 1 aliphatic heterocycles. The van der Waals surface area contributed by atoms with Crippen LogP contribution >= 0.6 is 0 Å². The topological polar surface area (TPSA) is 58.6 Å². The molecule has 0 saturated heterocycles. The number of nitrogens with zero attached hydrogens (tertiary/aromatic N) is 1. The largest absolute Gasteiger partial charge is 0.479 e. The Labute approximate surface area is 118 Å². The van der Waals surface area contributed by atoms with Crippen LogP contribution in [0.15, 0.2) is 24.3 Å². The fourth-order valence-corrected chi connectivity index (χ4v) is 2.09. The summed E-state index contributed by atoms with van der Waals surface area (Å²) in [6.45, 7) is 5.66. The maximum absolute atomic E-state index is 12.2. The Morgan fingerprint density at radius 2 is 2.15 bits per heavy atom. The van der Waals surface area contributed by atoms with Crippen molar-refractivity contribution in [1.82, 2.24) is 5.32 Å². The van der Waals surface area contributed by atoms with Gasteiger partial charge in [0, 0.05) is 6.04 Å². The first-order chi connectivity index (χ1) is 9.52. The number of rotatable bonds is 4. The average molecular weight is 276 g/mol. The molecule has 0 unspecified atom stereocenters. The Morgan fingerprint density at radius 1 is 1.45 bits per heavy atom. The Morgan fingerprint density at radius 3 is 2.85 bits per heavy atom. The van der Waals surface area contributed by atoms with E-state index in [4.69, 9.17) is 4.74 Å². The monoisotopic (exact) mass is 276 g/mol. The lowest BCUT2D eigenvalue weighted by Gasteiger charge is -2.32. The number of carbonyl (C=O) groups is 2. The number of fused-ring (bicyclic) bond motifs is 1. The number of ether oxygens (including phenoxy) is 1. The lowest BCUT2D eigenvalue weighted by Crippen LogP contribution is -2.49. The van der Waals surface area contributed by atoms with E-state index in [0.717, 1.165) is 6.42 Å². The van der Waals surface area contributed by atoms with E-state index >= 15 is 0 Å². The summed E-state index contributed by atoms with van der Waals surface area (Å²) in [5, 5.41) is 2.87. The van der Waals surface area contributed by atoms with Gasteiger partial charge in [0.2, 0.25) is 5.91 Å². The molecule has 0 aromatic heterocycles. The molecule has 0 bridgehead atoms. The maximum atomic E-state index is 12.2. The summed E-state index contributed by atoms with van der Waals surface area (Å²) >= 11 is 0. The summed E-state index contributed by atoms with van der Waals surface area (Å²) in [5.74, 6) is 0.288. The summed E-state index contributed by atoms with van der Waals surface area (Å²) in [6, 6.07) is 7.36. The van der Waals surface area contributed by atoms with Crippen molar-refractivity contribution in [2.24, 2.45) is 0 Å². The van der Waals surface area contributed by atoms with Gasteiger partial charge in [0.1, 0.15) is 12.3 Å². The van der Waals surface area contributed by atoms with Crippen LogP contribution in [0.2, 0.25) is 0 Å². The third-order valence-electron chi connectivity index (χ3n) is 3.40. The first-order valence-electron chi connectivity index (χ1n) is 6.89. The minimum Gasteiger partial charge on any atom is -0.479 e. The second-order valence-electron chi connectivity index (χ2n) is 5.03. The maximum Gasteiger partial charge on any atom is 0.268 e. The van der Waals surface area contributed by atoms with Gasteiger partial charge in [0.25, 0.3) is 5.91 Å². The van der Waals surface area contributed by atoms with E-state index < -0.39 is 6.10 Å². The van der Waals surface area contributed by atoms with E-state index in [1.165, 1.54) is 4.90 Å². The van der Waals surface area contributed by atoms with E-state index in [1.807, 2.05) is 26.0 Å². The van der Waals surface area contributed by atoms with Gasteiger partial charge in [-0.05, 0) is 32.4 Å². The summed E-state index contributed by atoms with van der Waals surface area (Å²) < 4.78 is 5.54. The Balaban J connectivity index is 2.17. The van der Waals surface area contributed by atoms with Gasteiger partial charge in [-0.2, -0.15) is 0 Å². The molecule has 0 saturated carbocycles.